The Bertz CT molecular complexity index is 692. The van der Waals surface area contributed by atoms with E-state index in [0.29, 0.717) is 6.54 Å². The summed E-state index contributed by atoms with van der Waals surface area (Å²) in [5.74, 6) is 0.0888. The van der Waals surface area contributed by atoms with Gasteiger partial charge in [0.05, 0.1) is 12.1 Å². The first-order valence-corrected chi connectivity index (χ1v) is 8.36. The van der Waals surface area contributed by atoms with Crippen LogP contribution >= 0.6 is 0 Å². The van der Waals surface area contributed by atoms with E-state index in [4.69, 9.17) is 4.74 Å². The molecule has 124 valence electrons. The highest BCUT2D eigenvalue weighted by atomic mass is 16.5. The molecule has 24 heavy (non-hydrogen) atoms. The summed E-state index contributed by atoms with van der Waals surface area (Å²) in [7, 11) is 0. The molecule has 2 saturated heterocycles. The Labute approximate surface area is 141 Å². The van der Waals surface area contributed by atoms with Crippen molar-refractivity contribution in [2.45, 2.75) is 25.2 Å². The summed E-state index contributed by atoms with van der Waals surface area (Å²) >= 11 is 0. The molecule has 0 spiro atoms. The minimum Gasteiger partial charge on any atom is -0.365 e. The molecule has 2 aliphatic heterocycles. The number of nitrogens with zero attached hydrogens (tertiary/aromatic N) is 3. The molecule has 1 amide bonds. The number of carbonyl (C=O) groups is 1. The standard InChI is InChI=1S/C19H21N3O2/c23-19-14-24-18-13-21(10-16-6-8-20-9-7-16)12-17(18)22(19)11-15-4-2-1-3-5-15/h1-9,17-18H,10-14H2. The third-order valence-corrected chi connectivity index (χ3v) is 4.81. The van der Waals surface area contributed by atoms with Gasteiger partial charge < -0.3 is 9.64 Å². The summed E-state index contributed by atoms with van der Waals surface area (Å²) in [5, 5.41) is 0. The summed E-state index contributed by atoms with van der Waals surface area (Å²) < 4.78 is 5.80. The highest BCUT2D eigenvalue weighted by Gasteiger charge is 2.42. The van der Waals surface area contributed by atoms with Crippen molar-refractivity contribution in [3.8, 4) is 0 Å². The summed E-state index contributed by atoms with van der Waals surface area (Å²) in [5.41, 5.74) is 2.41. The fraction of sp³-hybridized carbons (Fsp3) is 0.368. The molecule has 0 radical (unpaired) electrons. The van der Waals surface area contributed by atoms with Crippen molar-refractivity contribution in [3.63, 3.8) is 0 Å². The molecule has 5 heteroatoms. The Kier molecular flexibility index (Phi) is 4.28. The number of morpholine rings is 1. The maximum Gasteiger partial charge on any atom is 0.249 e. The number of fused-ring (bicyclic) bond motifs is 1. The summed E-state index contributed by atoms with van der Waals surface area (Å²) in [6, 6.07) is 14.4. The molecule has 0 N–H and O–H groups in total. The lowest BCUT2D eigenvalue weighted by atomic mass is 10.1. The normalized spacial score (nSPS) is 24.2. The van der Waals surface area contributed by atoms with Crippen LogP contribution in [0.5, 0.6) is 0 Å². The van der Waals surface area contributed by atoms with Crippen LogP contribution in [0.1, 0.15) is 11.1 Å². The fourth-order valence-electron chi connectivity index (χ4n) is 3.60. The van der Waals surface area contributed by atoms with Gasteiger partial charge in [0.15, 0.2) is 0 Å². The van der Waals surface area contributed by atoms with E-state index in [-0.39, 0.29) is 24.7 Å². The van der Waals surface area contributed by atoms with E-state index in [2.05, 4.69) is 22.0 Å². The van der Waals surface area contributed by atoms with Gasteiger partial charge in [-0.1, -0.05) is 30.3 Å². The van der Waals surface area contributed by atoms with Crippen molar-refractivity contribution in [2.75, 3.05) is 19.7 Å². The van der Waals surface area contributed by atoms with Crippen molar-refractivity contribution in [3.05, 3.63) is 66.0 Å². The first-order chi connectivity index (χ1) is 11.8. The Hall–Kier alpha value is -2.24. The third-order valence-electron chi connectivity index (χ3n) is 4.81. The van der Waals surface area contributed by atoms with Crippen LogP contribution < -0.4 is 0 Å². The predicted octanol–water partition coefficient (Wildman–Crippen LogP) is 1.69. The molecule has 2 atom stereocenters. The average molecular weight is 323 g/mol. The lowest BCUT2D eigenvalue weighted by Crippen LogP contribution is -2.53. The van der Waals surface area contributed by atoms with Gasteiger partial charge in [-0.25, -0.2) is 0 Å². The number of likely N-dealkylation sites (tertiary alicyclic amines) is 1. The van der Waals surface area contributed by atoms with Crippen molar-refractivity contribution < 1.29 is 9.53 Å². The molecule has 1 aromatic carbocycles. The lowest BCUT2D eigenvalue weighted by Gasteiger charge is -2.36. The van der Waals surface area contributed by atoms with Crippen LogP contribution in [0, 0.1) is 0 Å². The zero-order valence-electron chi connectivity index (χ0n) is 13.5. The zero-order valence-corrected chi connectivity index (χ0v) is 13.5. The molecule has 0 aliphatic carbocycles. The number of amides is 1. The Balaban J connectivity index is 1.47. The molecule has 1 aromatic heterocycles. The van der Waals surface area contributed by atoms with Gasteiger partial charge in [-0.3, -0.25) is 14.7 Å². The van der Waals surface area contributed by atoms with Crippen LogP contribution in [0.3, 0.4) is 0 Å². The third kappa shape index (κ3) is 3.18. The van der Waals surface area contributed by atoms with Crippen molar-refractivity contribution >= 4 is 5.91 Å². The Morgan fingerprint density at radius 1 is 1.00 bits per heavy atom. The van der Waals surface area contributed by atoms with E-state index in [1.54, 1.807) is 0 Å². The smallest absolute Gasteiger partial charge is 0.249 e. The van der Waals surface area contributed by atoms with Crippen molar-refractivity contribution in [1.29, 1.82) is 0 Å². The molecular weight excluding hydrogens is 302 g/mol. The number of hydrogen-bond donors (Lipinski definition) is 0. The van der Waals surface area contributed by atoms with E-state index >= 15 is 0 Å². The topological polar surface area (TPSA) is 45.7 Å². The van der Waals surface area contributed by atoms with Gasteiger partial charge in [0, 0.05) is 38.6 Å². The van der Waals surface area contributed by atoms with Crippen LogP contribution in [-0.4, -0.2) is 52.5 Å². The summed E-state index contributed by atoms with van der Waals surface area (Å²) in [6.45, 7) is 3.44. The molecule has 2 fully saturated rings. The fourth-order valence-corrected chi connectivity index (χ4v) is 3.60. The highest BCUT2D eigenvalue weighted by Crippen LogP contribution is 2.26. The van der Waals surface area contributed by atoms with Gasteiger partial charge in [-0.15, -0.1) is 0 Å². The number of benzene rings is 1. The van der Waals surface area contributed by atoms with Crippen molar-refractivity contribution in [2.24, 2.45) is 0 Å². The number of rotatable bonds is 4. The number of pyridine rings is 1. The van der Waals surface area contributed by atoms with Gasteiger partial charge in [-0.05, 0) is 23.3 Å². The van der Waals surface area contributed by atoms with E-state index < -0.39 is 0 Å². The molecule has 0 saturated carbocycles. The first-order valence-electron chi connectivity index (χ1n) is 8.36. The molecule has 2 aliphatic rings. The summed E-state index contributed by atoms with van der Waals surface area (Å²) in [6.07, 6.45) is 3.74. The highest BCUT2D eigenvalue weighted by molar-refractivity contribution is 5.78. The van der Waals surface area contributed by atoms with Crippen LogP contribution in [0.25, 0.3) is 0 Å². The van der Waals surface area contributed by atoms with Gasteiger partial charge in [0.2, 0.25) is 5.91 Å². The van der Waals surface area contributed by atoms with Crippen LogP contribution in [0.15, 0.2) is 54.9 Å². The summed E-state index contributed by atoms with van der Waals surface area (Å²) in [4.78, 5) is 20.8. The molecule has 3 heterocycles. The second kappa shape index (κ2) is 6.71. The second-order valence-corrected chi connectivity index (χ2v) is 6.47. The molecule has 0 bridgehead atoms. The molecule has 2 aromatic rings. The van der Waals surface area contributed by atoms with Crippen molar-refractivity contribution in [1.82, 2.24) is 14.8 Å². The number of aromatic nitrogens is 1. The van der Waals surface area contributed by atoms with Crippen LogP contribution in [-0.2, 0) is 22.6 Å². The molecule has 5 nitrogen and oxygen atoms in total. The van der Waals surface area contributed by atoms with Gasteiger partial charge in [0.1, 0.15) is 6.61 Å². The minimum absolute atomic E-state index is 0.0888. The monoisotopic (exact) mass is 323 g/mol. The van der Waals surface area contributed by atoms with E-state index in [9.17, 15) is 4.79 Å². The quantitative estimate of drug-likeness (QED) is 0.859. The molecular formula is C19H21N3O2. The van der Waals surface area contributed by atoms with Gasteiger partial charge in [-0.2, -0.15) is 0 Å². The van der Waals surface area contributed by atoms with E-state index in [0.717, 1.165) is 19.6 Å². The Morgan fingerprint density at radius 3 is 2.54 bits per heavy atom. The molecule has 2 unspecified atom stereocenters. The number of ether oxygens (including phenoxy) is 1. The maximum absolute atomic E-state index is 12.4. The van der Waals surface area contributed by atoms with E-state index in [1.165, 1.54) is 11.1 Å². The minimum atomic E-state index is 0.0888. The van der Waals surface area contributed by atoms with Gasteiger partial charge >= 0.3 is 0 Å². The maximum atomic E-state index is 12.4. The first kappa shape index (κ1) is 15.3. The largest absolute Gasteiger partial charge is 0.365 e. The van der Waals surface area contributed by atoms with Gasteiger partial charge in [0.25, 0.3) is 0 Å². The van der Waals surface area contributed by atoms with Crippen LogP contribution in [0.2, 0.25) is 0 Å². The second-order valence-electron chi connectivity index (χ2n) is 6.47. The number of hydrogen-bond acceptors (Lipinski definition) is 4. The SMILES string of the molecule is O=C1COC2CN(Cc3ccncc3)CC2N1Cc1ccccc1. The number of carbonyl (C=O) groups excluding carboxylic acids is 1. The molecule has 4 rings (SSSR count). The zero-order chi connectivity index (χ0) is 16.4. The Morgan fingerprint density at radius 2 is 1.75 bits per heavy atom. The van der Waals surface area contributed by atoms with Crippen LogP contribution in [0.4, 0.5) is 0 Å². The van der Waals surface area contributed by atoms with E-state index in [1.807, 2.05) is 47.6 Å². The average Bonchev–Trinajstić information content (AvgIpc) is 3.02. The lowest BCUT2D eigenvalue weighted by molar-refractivity contribution is -0.153. The predicted molar refractivity (Wildman–Crippen MR) is 90.0 cm³/mol.